The van der Waals surface area contributed by atoms with E-state index in [9.17, 15) is 9.59 Å². The van der Waals surface area contributed by atoms with Crippen LogP contribution >= 0.6 is 34.7 Å². The van der Waals surface area contributed by atoms with Crippen LogP contribution in [0.3, 0.4) is 0 Å². The van der Waals surface area contributed by atoms with Crippen molar-refractivity contribution in [3.05, 3.63) is 86.0 Å². The number of carbonyl (C=O) groups excluding carboxylic acids is 1. The van der Waals surface area contributed by atoms with E-state index in [-0.39, 0.29) is 17.2 Å². The number of hydrogen-bond donors (Lipinski definition) is 1. The van der Waals surface area contributed by atoms with Gasteiger partial charge in [0.1, 0.15) is 4.70 Å². The maximum Gasteiger partial charge on any atom is 0.276 e. The van der Waals surface area contributed by atoms with Crippen LogP contribution in [0.1, 0.15) is 16.7 Å². The summed E-state index contributed by atoms with van der Waals surface area (Å²) in [6.45, 7) is 4.30. The van der Waals surface area contributed by atoms with E-state index in [4.69, 9.17) is 11.6 Å². The van der Waals surface area contributed by atoms with Gasteiger partial charge in [-0.25, -0.2) is 4.98 Å². The molecule has 2 aromatic carbocycles. The zero-order valence-electron chi connectivity index (χ0n) is 17.0. The number of fused-ring (bicyclic) bond motifs is 1. The molecule has 31 heavy (non-hydrogen) atoms. The Kier molecular flexibility index (Phi) is 6.46. The molecule has 0 fully saturated rings. The van der Waals surface area contributed by atoms with Gasteiger partial charge in [-0.1, -0.05) is 53.7 Å². The second-order valence-corrected chi connectivity index (χ2v) is 9.38. The van der Waals surface area contributed by atoms with Gasteiger partial charge in [-0.05, 0) is 54.1 Å². The second kappa shape index (κ2) is 9.26. The van der Waals surface area contributed by atoms with Gasteiger partial charge < -0.3 is 5.32 Å². The van der Waals surface area contributed by atoms with E-state index in [1.54, 1.807) is 10.6 Å². The van der Waals surface area contributed by atoms with Gasteiger partial charge in [0.05, 0.1) is 17.0 Å². The molecule has 2 heterocycles. The van der Waals surface area contributed by atoms with Crippen LogP contribution in [0.4, 0.5) is 0 Å². The summed E-state index contributed by atoms with van der Waals surface area (Å²) in [4.78, 5) is 30.4. The summed E-state index contributed by atoms with van der Waals surface area (Å²) < 4.78 is 2.22. The van der Waals surface area contributed by atoms with Crippen LogP contribution in [0, 0.1) is 13.8 Å². The van der Waals surface area contributed by atoms with Gasteiger partial charge in [0, 0.05) is 11.6 Å². The van der Waals surface area contributed by atoms with E-state index in [0.29, 0.717) is 26.9 Å². The van der Waals surface area contributed by atoms with Gasteiger partial charge in [-0.15, -0.1) is 11.3 Å². The maximum atomic E-state index is 13.3. The molecule has 0 unspecified atom stereocenters. The number of halogens is 1. The Morgan fingerprint density at radius 3 is 2.81 bits per heavy atom. The summed E-state index contributed by atoms with van der Waals surface area (Å²) in [7, 11) is 0. The van der Waals surface area contributed by atoms with Crippen LogP contribution in [-0.2, 0) is 11.3 Å². The smallest absolute Gasteiger partial charge is 0.276 e. The Morgan fingerprint density at radius 1 is 1.19 bits per heavy atom. The Hall–Kier alpha value is -2.61. The molecule has 4 rings (SSSR count). The summed E-state index contributed by atoms with van der Waals surface area (Å²) in [5.74, 6) is -0.0192. The molecule has 0 aliphatic rings. The lowest BCUT2D eigenvalue weighted by Crippen LogP contribution is -2.26. The van der Waals surface area contributed by atoms with Gasteiger partial charge >= 0.3 is 0 Å². The molecular weight excluding hydrogens is 450 g/mol. The topological polar surface area (TPSA) is 64.0 Å². The van der Waals surface area contributed by atoms with Crippen molar-refractivity contribution < 1.29 is 4.79 Å². The minimum absolute atomic E-state index is 0.118. The number of thioether (sulfide) groups is 1. The van der Waals surface area contributed by atoms with Gasteiger partial charge in [0.25, 0.3) is 5.56 Å². The number of nitrogens with one attached hydrogen (secondary N) is 1. The number of rotatable bonds is 6. The van der Waals surface area contributed by atoms with Crippen molar-refractivity contribution >= 4 is 50.8 Å². The fourth-order valence-corrected chi connectivity index (χ4v) is 4.98. The van der Waals surface area contributed by atoms with Crippen LogP contribution in [0.5, 0.6) is 0 Å². The van der Waals surface area contributed by atoms with E-state index in [1.807, 2.05) is 61.7 Å². The van der Waals surface area contributed by atoms with E-state index in [2.05, 4.69) is 10.3 Å². The van der Waals surface area contributed by atoms with Crippen molar-refractivity contribution in [3.8, 4) is 5.69 Å². The van der Waals surface area contributed by atoms with E-state index < -0.39 is 0 Å². The normalized spacial score (nSPS) is 11.1. The average molecular weight is 470 g/mol. The number of thiophene rings is 1. The molecule has 0 aliphatic heterocycles. The van der Waals surface area contributed by atoms with Crippen molar-refractivity contribution in [2.45, 2.75) is 25.5 Å². The molecule has 0 spiro atoms. The number of benzene rings is 2. The molecule has 0 atom stereocenters. The fourth-order valence-electron chi connectivity index (χ4n) is 3.18. The quantitative estimate of drug-likeness (QED) is 0.314. The Balaban J connectivity index is 1.61. The summed E-state index contributed by atoms with van der Waals surface area (Å²) in [5.41, 5.74) is 4.19. The summed E-state index contributed by atoms with van der Waals surface area (Å²) in [6.07, 6.45) is 0. The first-order valence-corrected chi connectivity index (χ1v) is 11.9. The lowest BCUT2D eigenvalue weighted by atomic mass is 10.1. The molecular formula is C23H20ClN3O2S2. The first kappa shape index (κ1) is 21.6. The molecule has 1 amide bonds. The predicted molar refractivity (Wildman–Crippen MR) is 129 cm³/mol. The molecule has 0 saturated heterocycles. The second-order valence-electron chi connectivity index (χ2n) is 7.12. The molecule has 4 aromatic rings. The van der Waals surface area contributed by atoms with Crippen molar-refractivity contribution in [1.29, 1.82) is 0 Å². The maximum absolute atomic E-state index is 13.3. The zero-order valence-corrected chi connectivity index (χ0v) is 19.4. The minimum atomic E-state index is -0.155. The molecule has 2 aromatic heterocycles. The number of amides is 1. The summed E-state index contributed by atoms with van der Waals surface area (Å²) in [5, 5.41) is 5.85. The molecule has 8 heteroatoms. The SMILES string of the molecule is Cc1ccc(C)c(-n2c(SCC(=O)NCc3ccccc3Cl)nc3ccsc3c2=O)c1. The van der Waals surface area contributed by atoms with Gasteiger partial charge in [0.2, 0.25) is 5.91 Å². The van der Waals surface area contributed by atoms with Crippen molar-refractivity contribution in [1.82, 2.24) is 14.9 Å². The first-order valence-electron chi connectivity index (χ1n) is 9.65. The Labute approximate surface area is 193 Å². The number of nitrogens with zero attached hydrogens (tertiary/aromatic N) is 2. The largest absolute Gasteiger partial charge is 0.351 e. The zero-order chi connectivity index (χ0) is 22.0. The Morgan fingerprint density at radius 2 is 2.00 bits per heavy atom. The number of carbonyl (C=O) groups is 1. The average Bonchev–Trinajstić information content (AvgIpc) is 3.23. The van der Waals surface area contributed by atoms with E-state index >= 15 is 0 Å². The highest BCUT2D eigenvalue weighted by Crippen LogP contribution is 2.25. The van der Waals surface area contributed by atoms with Gasteiger partial charge in [-0.2, -0.15) is 0 Å². The number of aromatic nitrogens is 2. The van der Waals surface area contributed by atoms with Crippen LogP contribution in [0.15, 0.2) is 63.9 Å². The van der Waals surface area contributed by atoms with Crippen molar-refractivity contribution in [2.24, 2.45) is 0 Å². The molecule has 1 N–H and O–H groups in total. The van der Waals surface area contributed by atoms with Crippen LogP contribution in [0.2, 0.25) is 5.02 Å². The number of hydrogen-bond acceptors (Lipinski definition) is 5. The van der Waals surface area contributed by atoms with Crippen molar-refractivity contribution in [2.75, 3.05) is 5.75 Å². The summed E-state index contributed by atoms with van der Waals surface area (Å²) >= 11 is 8.78. The third-order valence-electron chi connectivity index (χ3n) is 4.82. The molecule has 5 nitrogen and oxygen atoms in total. The predicted octanol–water partition coefficient (Wildman–Crippen LogP) is 5.13. The van der Waals surface area contributed by atoms with Crippen LogP contribution < -0.4 is 10.9 Å². The minimum Gasteiger partial charge on any atom is -0.351 e. The van der Waals surface area contributed by atoms with E-state index in [1.165, 1.54) is 23.1 Å². The molecule has 158 valence electrons. The monoisotopic (exact) mass is 469 g/mol. The lowest BCUT2D eigenvalue weighted by molar-refractivity contribution is -0.118. The van der Waals surface area contributed by atoms with E-state index in [0.717, 1.165) is 22.4 Å². The number of aryl methyl sites for hydroxylation is 2. The molecule has 0 radical (unpaired) electrons. The fraction of sp³-hybridized carbons (Fsp3) is 0.174. The molecule has 0 saturated carbocycles. The first-order chi connectivity index (χ1) is 14.9. The van der Waals surface area contributed by atoms with Crippen LogP contribution in [0.25, 0.3) is 15.9 Å². The standard InChI is InChI=1S/C23H20ClN3O2S2/c1-14-7-8-15(2)19(11-14)27-22(29)21-18(9-10-30-21)26-23(27)31-13-20(28)25-12-16-5-3-4-6-17(16)24/h3-11H,12-13H2,1-2H3,(H,25,28). The summed E-state index contributed by atoms with van der Waals surface area (Å²) in [6, 6.07) is 15.2. The van der Waals surface area contributed by atoms with Gasteiger partial charge in [-0.3, -0.25) is 14.2 Å². The highest BCUT2D eigenvalue weighted by Gasteiger charge is 2.17. The van der Waals surface area contributed by atoms with Crippen molar-refractivity contribution in [3.63, 3.8) is 0 Å². The highest BCUT2D eigenvalue weighted by molar-refractivity contribution is 7.99. The molecule has 0 bridgehead atoms. The molecule has 0 aliphatic carbocycles. The lowest BCUT2D eigenvalue weighted by Gasteiger charge is -2.15. The van der Waals surface area contributed by atoms with Crippen LogP contribution in [-0.4, -0.2) is 21.2 Å². The highest BCUT2D eigenvalue weighted by atomic mass is 35.5. The third-order valence-corrected chi connectivity index (χ3v) is 7.02. The third kappa shape index (κ3) is 4.69. The Bertz CT molecular complexity index is 1330. The van der Waals surface area contributed by atoms with Gasteiger partial charge in [0.15, 0.2) is 5.16 Å².